The molecule has 0 unspecified atom stereocenters. The van der Waals surface area contributed by atoms with Crippen LogP contribution in [0.1, 0.15) is 9.80 Å². The SMILES string of the molecule is COC(=O)c1ncc([B-](F)(F)F)s1.[K+]. The molecule has 0 aliphatic heterocycles. The predicted octanol–water partition coefficient (Wildman–Crippen LogP) is -2.01. The van der Waals surface area contributed by atoms with Gasteiger partial charge in [0.2, 0.25) is 0 Å². The van der Waals surface area contributed by atoms with Crippen molar-refractivity contribution < 1.29 is 73.9 Å². The molecule has 72 valence electrons. The third-order valence-corrected chi connectivity index (χ3v) is 2.28. The van der Waals surface area contributed by atoms with Crippen LogP contribution in [0.5, 0.6) is 0 Å². The molecule has 3 nitrogen and oxygen atoms in total. The number of aromatic nitrogens is 1. The minimum absolute atomic E-state index is 0. The van der Waals surface area contributed by atoms with Crippen LogP contribution in [0.2, 0.25) is 0 Å². The van der Waals surface area contributed by atoms with E-state index >= 15 is 0 Å². The Kier molecular flexibility index (Phi) is 5.85. The zero-order chi connectivity index (χ0) is 10.1. The van der Waals surface area contributed by atoms with Crippen molar-refractivity contribution in [1.82, 2.24) is 4.98 Å². The van der Waals surface area contributed by atoms with Gasteiger partial charge in [-0.05, 0) is 4.78 Å². The minimum Gasteiger partial charge on any atom is -0.464 e. The van der Waals surface area contributed by atoms with Gasteiger partial charge in [0, 0.05) is 6.20 Å². The van der Waals surface area contributed by atoms with Crippen LogP contribution in [-0.2, 0) is 4.74 Å². The molecule has 1 aromatic heterocycles. The van der Waals surface area contributed by atoms with E-state index in [9.17, 15) is 17.7 Å². The van der Waals surface area contributed by atoms with Gasteiger partial charge in [0.15, 0.2) is 5.01 Å². The number of rotatable bonds is 2. The average Bonchev–Trinajstić information content (AvgIpc) is 2.50. The summed E-state index contributed by atoms with van der Waals surface area (Å²) in [5.41, 5.74) is 0. The zero-order valence-corrected chi connectivity index (χ0v) is 11.4. The van der Waals surface area contributed by atoms with E-state index in [-0.39, 0.29) is 67.7 Å². The molecule has 0 spiro atoms. The smallest absolute Gasteiger partial charge is 0.464 e. The molecule has 0 fully saturated rings. The van der Waals surface area contributed by atoms with Crippen LogP contribution < -0.4 is 56.2 Å². The minimum atomic E-state index is -5.07. The van der Waals surface area contributed by atoms with Gasteiger partial charge in [-0.3, -0.25) is 0 Å². The quantitative estimate of drug-likeness (QED) is 0.449. The van der Waals surface area contributed by atoms with Gasteiger partial charge < -0.3 is 17.7 Å². The number of hydrogen-bond donors (Lipinski definition) is 0. The summed E-state index contributed by atoms with van der Waals surface area (Å²) in [5.74, 6) is -0.851. The Morgan fingerprint density at radius 2 is 2.14 bits per heavy atom. The molecular formula is C5H4BF3KNO2S. The van der Waals surface area contributed by atoms with Crippen LogP contribution in [0.25, 0.3) is 0 Å². The predicted molar refractivity (Wildman–Crippen MR) is 42.2 cm³/mol. The number of thiazole rings is 1. The van der Waals surface area contributed by atoms with Crippen LogP contribution in [0.15, 0.2) is 6.20 Å². The first-order valence-electron chi connectivity index (χ1n) is 3.19. The van der Waals surface area contributed by atoms with Crippen LogP contribution in [0, 0.1) is 0 Å². The zero-order valence-electron chi connectivity index (χ0n) is 7.46. The van der Waals surface area contributed by atoms with Crippen molar-refractivity contribution in [3.8, 4) is 0 Å². The molecule has 0 radical (unpaired) electrons. The second kappa shape index (κ2) is 5.61. The number of nitrogens with zero attached hydrogens (tertiary/aromatic N) is 1. The van der Waals surface area contributed by atoms with Crippen molar-refractivity contribution in [3.63, 3.8) is 0 Å². The second-order valence-electron chi connectivity index (χ2n) is 2.13. The van der Waals surface area contributed by atoms with Crippen molar-refractivity contribution in [3.05, 3.63) is 11.2 Å². The van der Waals surface area contributed by atoms with Gasteiger partial charge >= 0.3 is 64.3 Å². The van der Waals surface area contributed by atoms with E-state index in [0.717, 1.165) is 7.11 Å². The second-order valence-corrected chi connectivity index (χ2v) is 3.20. The van der Waals surface area contributed by atoms with E-state index in [2.05, 4.69) is 9.72 Å². The molecule has 0 aliphatic rings. The molecule has 0 atom stereocenters. The molecular weight excluding hydrogens is 245 g/mol. The Morgan fingerprint density at radius 1 is 1.57 bits per heavy atom. The average molecular weight is 249 g/mol. The molecule has 0 N–H and O–H groups in total. The van der Waals surface area contributed by atoms with E-state index in [1.807, 2.05) is 0 Å². The third kappa shape index (κ3) is 3.63. The maximum Gasteiger partial charge on any atom is 1.00 e. The van der Waals surface area contributed by atoms with Crippen LogP contribution in [0.4, 0.5) is 12.9 Å². The van der Waals surface area contributed by atoms with Gasteiger partial charge in [-0.2, -0.15) is 0 Å². The Morgan fingerprint density at radius 3 is 2.50 bits per heavy atom. The molecule has 1 aromatic rings. The Bertz CT molecular complexity index is 329. The number of halogens is 3. The number of carbonyl (C=O) groups is 1. The monoisotopic (exact) mass is 249 g/mol. The van der Waals surface area contributed by atoms with E-state index in [4.69, 9.17) is 0 Å². The third-order valence-electron chi connectivity index (χ3n) is 1.21. The number of ether oxygens (including phenoxy) is 1. The van der Waals surface area contributed by atoms with E-state index in [1.165, 1.54) is 0 Å². The Hall–Kier alpha value is 0.591. The normalized spacial score (nSPS) is 10.6. The maximum atomic E-state index is 12.0. The fraction of sp³-hybridized carbons (Fsp3) is 0.200. The van der Waals surface area contributed by atoms with Gasteiger partial charge in [0.1, 0.15) is 0 Å². The molecule has 0 aliphatic carbocycles. The number of esters is 1. The number of carbonyl (C=O) groups excluding carboxylic acids is 1. The topological polar surface area (TPSA) is 39.2 Å². The summed E-state index contributed by atoms with van der Waals surface area (Å²) in [7, 11) is 1.09. The van der Waals surface area contributed by atoms with Gasteiger partial charge in [0.25, 0.3) is 0 Å². The number of hydrogen-bond acceptors (Lipinski definition) is 4. The van der Waals surface area contributed by atoms with Gasteiger partial charge in [0.05, 0.1) is 7.11 Å². The summed E-state index contributed by atoms with van der Waals surface area (Å²) in [4.78, 5) is 14.0. The Labute approximate surface area is 125 Å². The molecule has 0 bridgehead atoms. The summed E-state index contributed by atoms with van der Waals surface area (Å²) < 4.78 is 39.5. The van der Waals surface area contributed by atoms with E-state index in [1.54, 1.807) is 0 Å². The van der Waals surface area contributed by atoms with E-state index in [0.29, 0.717) is 6.20 Å². The van der Waals surface area contributed by atoms with Crippen molar-refractivity contribution in [2.75, 3.05) is 7.11 Å². The fourth-order valence-electron chi connectivity index (χ4n) is 0.620. The first-order chi connectivity index (χ1) is 5.95. The summed E-state index contributed by atoms with van der Waals surface area (Å²) >= 11 is 0.290. The standard InChI is InChI=1S/C5H4BF3NO2S.K/c1-12-5(11)4-10-2-3(13-4)6(7,8)9;/h2H,1H3;/q-1;+1. The molecule has 14 heavy (non-hydrogen) atoms. The number of methoxy groups -OCH3 is 1. The largest absolute Gasteiger partial charge is 1.00 e. The van der Waals surface area contributed by atoms with Gasteiger partial charge in [-0.15, -0.1) is 11.3 Å². The van der Waals surface area contributed by atoms with Crippen LogP contribution >= 0.6 is 11.3 Å². The van der Waals surface area contributed by atoms with Gasteiger partial charge in [-0.1, -0.05) is 0 Å². The molecule has 1 heterocycles. The molecule has 0 aromatic carbocycles. The summed E-state index contributed by atoms with van der Waals surface area (Å²) in [6, 6.07) is 0. The molecule has 0 saturated heterocycles. The van der Waals surface area contributed by atoms with Crippen molar-refractivity contribution >= 4 is 29.1 Å². The molecule has 9 heteroatoms. The first-order valence-corrected chi connectivity index (χ1v) is 4.01. The summed E-state index contributed by atoms with van der Waals surface area (Å²) in [6.45, 7) is -5.07. The van der Waals surface area contributed by atoms with Crippen LogP contribution in [-0.4, -0.2) is 25.0 Å². The molecule has 0 amide bonds. The summed E-state index contributed by atoms with van der Waals surface area (Å²) in [5, 5.41) is -0.281. The maximum absolute atomic E-state index is 12.0. The molecule has 0 saturated carbocycles. The first kappa shape index (κ1) is 14.6. The van der Waals surface area contributed by atoms with Crippen LogP contribution in [0.3, 0.4) is 0 Å². The van der Waals surface area contributed by atoms with Crippen molar-refractivity contribution in [1.29, 1.82) is 0 Å². The van der Waals surface area contributed by atoms with E-state index < -0.39 is 17.7 Å². The molecule has 1 rings (SSSR count). The Balaban J connectivity index is 0.00000169. The fourth-order valence-corrected chi connectivity index (χ4v) is 1.35. The summed E-state index contributed by atoms with van der Waals surface area (Å²) in [6.07, 6.45) is 0.636. The van der Waals surface area contributed by atoms with Crippen molar-refractivity contribution in [2.45, 2.75) is 0 Å². The van der Waals surface area contributed by atoms with Gasteiger partial charge in [-0.25, -0.2) is 9.78 Å². The van der Waals surface area contributed by atoms with Crippen molar-refractivity contribution in [2.24, 2.45) is 0 Å².